The first-order valence-electron chi connectivity index (χ1n) is 7.35. The summed E-state index contributed by atoms with van der Waals surface area (Å²) in [5.41, 5.74) is 1.65. The van der Waals surface area contributed by atoms with Gasteiger partial charge < -0.3 is 15.6 Å². The van der Waals surface area contributed by atoms with Gasteiger partial charge in [-0.25, -0.2) is 4.98 Å². The topological polar surface area (TPSA) is 86.9 Å². The molecule has 0 unspecified atom stereocenters. The Morgan fingerprint density at radius 1 is 1.14 bits per heavy atom. The number of aromatic amines is 1. The summed E-state index contributed by atoms with van der Waals surface area (Å²) in [6.45, 7) is 2.63. The number of amides is 2. The minimum atomic E-state index is -0.169. The minimum Gasteiger partial charge on any atom is -0.356 e. The van der Waals surface area contributed by atoms with Crippen LogP contribution in [0.15, 0.2) is 36.7 Å². The fraction of sp³-hybridized carbons (Fsp3) is 0.312. The van der Waals surface area contributed by atoms with Gasteiger partial charge in [0, 0.05) is 43.0 Å². The molecule has 0 saturated carbocycles. The molecule has 2 aromatic rings. The van der Waals surface area contributed by atoms with E-state index in [1.807, 2.05) is 31.2 Å². The standard InChI is InChI=1S/C16H20N4O2/c1-2-9-17-14(21)7-8-15(22)20-13-5-3-12(4-6-13)16-18-10-11-19-16/h3-6,10-11H,2,7-9H2,1H3,(H,17,21)(H,18,19)(H,20,22). The summed E-state index contributed by atoms with van der Waals surface area (Å²) >= 11 is 0. The second-order valence-corrected chi connectivity index (χ2v) is 4.91. The molecule has 3 N–H and O–H groups in total. The summed E-state index contributed by atoms with van der Waals surface area (Å²) in [7, 11) is 0. The van der Waals surface area contributed by atoms with Crippen LogP contribution in [-0.4, -0.2) is 28.3 Å². The van der Waals surface area contributed by atoms with Crippen molar-refractivity contribution in [2.45, 2.75) is 26.2 Å². The molecule has 0 atom stereocenters. The Bertz CT molecular complexity index is 606. The second kappa shape index (κ2) is 7.97. The van der Waals surface area contributed by atoms with Crippen molar-refractivity contribution in [3.05, 3.63) is 36.7 Å². The van der Waals surface area contributed by atoms with E-state index >= 15 is 0 Å². The number of rotatable bonds is 7. The molecule has 0 aliphatic heterocycles. The maximum atomic E-state index is 11.8. The van der Waals surface area contributed by atoms with E-state index in [1.165, 1.54) is 0 Å². The van der Waals surface area contributed by atoms with Crippen molar-refractivity contribution in [3.63, 3.8) is 0 Å². The first-order chi connectivity index (χ1) is 10.7. The van der Waals surface area contributed by atoms with Gasteiger partial charge in [-0.1, -0.05) is 6.92 Å². The Hall–Kier alpha value is -2.63. The van der Waals surface area contributed by atoms with Crippen LogP contribution in [0.3, 0.4) is 0 Å². The van der Waals surface area contributed by atoms with Gasteiger partial charge in [0.05, 0.1) is 0 Å². The first kappa shape index (κ1) is 15.8. The summed E-state index contributed by atoms with van der Waals surface area (Å²) in [5.74, 6) is 0.521. The van der Waals surface area contributed by atoms with E-state index in [9.17, 15) is 9.59 Å². The maximum absolute atomic E-state index is 11.8. The molecule has 1 aromatic heterocycles. The predicted octanol–water partition coefficient (Wildman–Crippen LogP) is 2.32. The lowest BCUT2D eigenvalue weighted by Gasteiger charge is -2.06. The number of H-pyrrole nitrogens is 1. The van der Waals surface area contributed by atoms with Crippen LogP contribution < -0.4 is 10.6 Å². The minimum absolute atomic E-state index is 0.0924. The maximum Gasteiger partial charge on any atom is 0.224 e. The van der Waals surface area contributed by atoms with Gasteiger partial charge >= 0.3 is 0 Å². The van der Waals surface area contributed by atoms with Gasteiger partial charge in [0.25, 0.3) is 0 Å². The van der Waals surface area contributed by atoms with Gasteiger partial charge in [0.2, 0.25) is 11.8 Å². The average molecular weight is 300 g/mol. The van der Waals surface area contributed by atoms with Crippen molar-refractivity contribution in [2.24, 2.45) is 0 Å². The average Bonchev–Trinajstić information content (AvgIpc) is 3.06. The molecule has 1 heterocycles. The second-order valence-electron chi connectivity index (χ2n) is 4.91. The van der Waals surface area contributed by atoms with Crippen molar-refractivity contribution >= 4 is 17.5 Å². The summed E-state index contributed by atoms with van der Waals surface area (Å²) in [4.78, 5) is 30.4. The van der Waals surface area contributed by atoms with Crippen LogP contribution in [0.4, 0.5) is 5.69 Å². The summed E-state index contributed by atoms with van der Waals surface area (Å²) in [6, 6.07) is 7.38. The monoisotopic (exact) mass is 300 g/mol. The van der Waals surface area contributed by atoms with Crippen LogP contribution in [0.2, 0.25) is 0 Å². The van der Waals surface area contributed by atoms with Crippen molar-refractivity contribution < 1.29 is 9.59 Å². The number of hydrogen-bond acceptors (Lipinski definition) is 3. The highest BCUT2D eigenvalue weighted by molar-refractivity contribution is 5.93. The molecule has 6 nitrogen and oxygen atoms in total. The van der Waals surface area contributed by atoms with E-state index in [2.05, 4.69) is 20.6 Å². The van der Waals surface area contributed by atoms with Gasteiger partial charge in [-0.05, 0) is 30.7 Å². The molecular formula is C16H20N4O2. The number of nitrogens with one attached hydrogen (secondary N) is 3. The third-order valence-corrected chi connectivity index (χ3v) is 3.09. The largest absolute Gasteiger partial charge is 0.356 e. The van der Waals surface area contributed by atoms with Gasteiger partial charge in [-0.2, -0.15) is 0 Å². The van der Waals surface area contributed by atoms with E-state index in [-0.39, 0.29) is 24.7 Å². The van der Waals surface area contributed by atoms with Crippen molar-refractivity contribution in [1.82, 2.24) is 15.3 Å². The number of benzene rings is 1. The predicted molar refractivity (Wildman–Crippen MR) is 85.2 cm³/mol. The van der Waals surface area contributed by atoms with E-state index in [4.69, 9.17) is 0 Å². The number of aromatic nitrogens is 2. The fourth-order valence-corrected chi connectivity index (χ4v) is 1.94. The molecule has 0 radical (unpaired) electrons. The van der Waals surface area contributed by atoms with E-state index in [0.29, 0.717) is 12.2 Å². The smallest absolute Gasteiger partial charge is 0.224 e. The number of nitrogens with zero attached hydrogens (tertiary/aromatic N) is 1. The van der Waals surface area contributed by atoms with Gasteiger partial charge in [0.1, 0.15) is 5.82 Å². The number of carbonyl (C=O) groups excluding carboxylic acids is 2. The Labute approximate surface area is 129 Å². The first-order valence-corrected chi connectivity index (χ1v) is 7.35. The van der Waals surface area contributed by atoms with Crippen LogP contribution in [0.25, 0.3) is 11.4 Å². The van der Waals surface area contributed by atoms with Crippen LogP contribution in [-0.2, 0) is 9.59 Å². The molecule has 0 saturated heterocycles. The molecule has 0 spiro atoms. The van der Waals surface area contributed by atoms with Crippen LogP contribution in [0, 0.1) is 0 Å². The van der Waals surface area contributed by atoms with E-state index in [1.54, 1.807) is 12.4 Å². The number of imidazole rings is 1. The highest BCUT2D eigenvalue weighted by Gasteiger charge is 2.07. The Balaban J connectivity index is 1.80. The van der Waals surface area contributed by atoms with E-state index < -0.39 is 0 Å². The van der Waals surface area contributed by atoms with Gasteiger partial charge in [-0.15, -0.1) is 0 Å². The van der Waals surface area contributed by atoms with Gasteiger partial charge in [-0.3, -0.25) is 9.59 Å². The van der Waals surface area contributed by atoms with Crippen LogP contribution in [0.1, 0.15) is 26.2 Å². The number of hydrogen-bond donors (Lipinski definition) is 3. The lowest BCUT2D eigenvalue weighted by Crippen LogP contribution is -2.25. The summed E-state index contributed by atoms with van der Waals surface area (Å²) in [6.07, 6.45) is 4.72. The molecule has 0 aliphatic rings. The number of anilines is 1. The Morgan fingerprint density at radius 3 is 2.50 bits per heavy atom. The molecule has 6 heteroatoms. The van der Waals surface area contributed by atoms with Crippen molar-refractivity contribution in [2.75, 3.05) is 11.9 Å². The van der Waals surface area contributed by atoms with Crippen LogP contribution >= 0.6 is 0 Å². The zero-order valence-electron chi connectivity index (χ0n) is 12.6. The molecule has 0 aliphatic carbocycles. The highest BCUT2D eigenvalue weighted by atomic mass is 16.2. The lowest BCUT2D eigenvalue weighted by molar-refractivity contribution is -0.124. The number of carbonyl (C=O) groups is 2. The normalized spacial score (nSPS) is 10.2. The van der Waals surface area contributed by atoms with Crippen molar-refractivity contribution in [1.29, 1.82) is 0 Å². The lowest BCUT2D eigenvalue weighted by atomic mass is 10.2. The van der Waals surface area contributed by atoms with E-state index in [0.717, 1.165) is 17.8 Å². The van der Waals surface area contributed by atoms with Gasteiger partial charge in [0.15, 0.2) is 0 Å². The van der Waals surface area contributed by atoms with Crippen LogP contribution in [0.5, 0.6) is 0 Å². The molecule has 1 aromatic carbocycles. The Kier molecular flexibility index (Phi) is 5.71. The zero-order valence-corrected chi connectivity index (χ0v) is 12.6. The Morgan fingerprint density at radius 2 is 1.86 bits per heavy atom. The molecular weight excluding hydrogens is 280 g/mol. The SMILES string of the molecule is CCCNC(=O)CCC(=O)Nc1ccc(-c2ncc[nH]2)cc1. The third kappa shape index (κ3) is 4.73. The molecule has 2 amide bonds. The molecule has 2 rings (SSSR count). The third-order valence-electron chi connectivity index (χ3n) is 3.09. The summed E-state index contributed by atoms with van der Waals surface area (Å²) in [5, 5.41) is 5.52. The molecule has 22 heavy (non-hydrogen) atoms. The zero-order chi connectivity index (χ0) is 15.8. The fourth-order valence-electron chi connectivity index (χ4n) is 1.94. The molecule has 116 valence electrons. The van der Waals surface area contributed by atoms with Crippen molar-refractivity contribution in [3.8, 4) is 11.4 Å². The molecule has 0 fully saturated rings. The quantitative estimate of drug-likeness (QED) is 0.733. The summed E-state index contributed by atoms with van der Waals surface area (Å²) < 4.78 is 0. The molecule has 0 bridgehead atoms. The highest BCUT2D eigenvalue weighted by Crippen LogP contribution is 2.17.